The van der Waals surface area contributed by atoms with Crippen LogP contribution in [0.2, 0.25) is 0 Å². The Morgan fingerprint density at radius 1 is 1.06 bits per heavy atom. The number of hydrogen-bond acceptors (Lipinski definition) is 1. The molecule has 0 saturated carbocycles. The van der Waals surface area contributed by atoms with Gasteiger partial charge in [-0.2, -0.15) is 0 Å². The fourth-order valence-electron chi connectivity index (χ4n) is 1.38. The highest BCUT2D eigenvalue weighted by Gasteiger charge is 2.04. The molecule has 0 heterocycles. The molecule has 1 nitrogen and oxygen atoms in total. The lowest BCUT2D eigenvalue weighted by Gasteiger charge is -2.07. The van der Waals surface area contributed by atoms with Gasteiger partial charge in [-0.15, -0.1) is 0 Å². The SMILES string of the molecule is Fc1cccc(COc2ccc(Br)cc2F)c1. The van der Waals surface area contributed by atoms with Crippen molar-refractivity contribution in [2.75, 3.05) is 0 Å². The van der Waals surface area contributed by atoms with Gasteiger partial charge >= 0.3 is 0 Å². The second kappa shape index (κ2) is 5.27. The first kappa shape index (κ1) is 12.0. The molecule has 0 aliphatic rings. The quantitative estimate of drug-likeness (QED) is 0.820. The summed E-state index contributed by atoms with van der Waals surface area (Å²) >= 11 is 3.16. The van der Waals surface area contributed by atoms with Crippen molar-refractivity contribution in [3.63, 3.8) is 0 Å². The van der Waals surface area contributed by atoms with Gasteiger partial charge in [-0.25, -0.2) is 8.78 Å². The summed E-state index contributed by atoms with van der Waals surface area (Å²) in [6, 6.07) is 10.6. The van der Waals surface area contributed by atoms with E-state index in [1.54, 1.807) is 18.2 Å². The zero-order valence-corrected chi connectivity index (χ0v) is 10.4. The highest BCUT2D eigenvalue weighted by atomic mass is 79.9. The van der Waals surface area contributed by atoms with Gasteiger partial charge in [0.05, 0.1) is 0 Å². The van der Waals surface area contributed by atoms with Crippen molar-refractivity contribution in [3.8, 4) is 5.75 Å². The lowest BCUT2D eigenvalue weighted by Crippen LogP contribution is -1.97. The summed E-state index contributed by atoms with van der Waals surface area (Å²) in [5.41, 5.74) is 0.660. The van der Waals surface area contributed by atoms with Crippen LogP contribution in [0.15, 0.2) is 46.9 Å². The van der Waals surface area contributed by atoms with Crippen molar-refractivity contribution >= 4 is 15.9 Å². The monoisotopic (exact) mass is 298 g/mol. The molecule has 0 unspecified atom stereocenters. The predicted molar refractivity (Wildman–Crippen MR) is 64.8 cm³/mol. The third-order valence-corrected chi connectivity index (χ3v) is 2.67. The molecule has 0 bridgehead atoms. The minimum Gasteiger partial charge on any atom is -0.486 e. The summed E-state index contributed by atoms with van der Waals surface area (Å²) in [6.07, 6.45) is 0. The van der Waals surface area contributed by atoms with Crippen LogP contribution in [0.1, 0.15) is 5.56 Å². The summed E-state index contributed by atoms with van der Waals surface area (Å²) in [6.45, 7) is 0.135. The summed E-state index contributed by atoms with van der Waals surface area (Å²) in [5, 5.41) is 0. The third-order valence-electron chi connectivity index (χ3n) is 2.18. The van der Waals surface area contributed by atoms with Crippen LogP contribution in [0, 0.1) is 11.6 Å². The largest absolute Gasteiger partial charge is 0.486 e. The first-order chi connectivity index (χ1) is 8.15. The van der Waals surface area contributed by atoms with Crippen molar-refractivity contribution < 1.29 is 13.5 Å². The van der Waals surface area contributed by atoms with Crippen LogP contribution in [0.4, 0.5) is 8.78 Å². The van der Waals surface area contributed by atoms with Crippen LogP contribution in [-0.2, 0) is 6.61 Å². The van der Waals surface area contributed by atoms with E-state index in [4.69, 9.17) is 4.74 Å². The van der Waals surface area contributed by atoms with Crippen LogP contribution in [0.25, 0.3) is 0 Å². The molecule has 0 aliphatic carbocycles. The van der Waals surface area contributed by atoms with Crippen molar-refractivity contribution in [1.82, 2.24) is 0 Å². The molecule has 0 saturated heterocycles. The Balaban J connectivity index is 2.07. The fraction of sp³-hybridized carbons (Fsp3) is 0.0769. The maximum atomic E-state index is 13.4. The molecule has 0 fully saturated rings. The van der Waals surface area contributed by atoms with E-state index in [2.05, 4.69) is 15.9 Å². The van der Waals surface area contributed by atoms with Gasteiger partial charge in [0.25, 0.3) is 0 Å². The Morgan fingerprint density at radius 2 is 1.88 bits per heavy atom. The molecule has 0 aliphatic heterocycles. The molecule has 0 atom stereocenters. The lowest BCUT2D eigenvalue weighted by molar-refractivity contribution is 0.289. The van der Waals surface area contributed by atoms with E-state index in [0.717, 1.165) is 0 Å². The molecule has 2 aromatic carbocycles. The van der Waals surface area contributed by atoms with Crippen molar-refractivity contribution in [2.45, 2.75) is 6.61 Å². The van der Waals surface area contributed by atoms with Gasteiger partial charge in [0, 0.05) is 4.47 Å². The highest BCUT2D eigenvalue weighted by Crippen LogP contribution is 2.22. The zero-order chi connectivity index (χ0) is 12.3. The predicted octanol–water partition coefficient (Wildman–Crippen LogP) is 4.31. The van der Waals surface area contributed by atoms with Crippen molar-refractivity contribution in [3.05, 3.63) is 64.1 Å². The van der Waals surface area contributed by atoms with Gasteiger partial charge in [0.1, 0.15) is 12.4 Å². The number of halogens is 3. The molecule has 0 amide bonds. The van der Waals surface area contributed by atoms with Crippen LogP contribution in [0.5, 0.6) is 5.75 Å². The van der Waals surface area contributed by atoms with Crippen LogP contribution in [0.3, 0.4) is 0 Å². The first-order valence-corrected chi connectivity index (χ1v) is 5.77. The number of hydrogen-bond donors (Lipinski definition) is 0. The van der Waals surface area contributed by atoms with Crippen molar-refractivity contribution in [1.29, 1.82) is 0 Å². The van der Waals surface area contributed by atoms with Crippen LogP contribution < -0.4 is 4.74 Å². The van der Waals surface area contributed by atoms with Gasteiger partial charge in [0.2, 0.25) is 0 Å². The van der Waals surface area contributed by atoms with Crippen LogP contribution >= 0.6 is 15.9 Å². The molecule has 4 heteroatoms. The Bertz CT molecular complexity index is 529. The molecular weight excluding hydrogens is 290 g/mol. The van der Waals surface area contributed by atoms with Gasteiger partial charge in [-0.3, -0.25) is 0 Å². The topological polar surface area (TPSA) is 9.23 Å². The first-order valence-electron chi connectivity index (χ1n) is 4.97. The normalized spacial score (nSPS) is 10.3. The summed E-state index contributed by atoms with van der Waals surface area (Å²) in [5.74, 6) is -0.629. The fourth-order valence-corrected chi connectivity index (χ4v) is 1.71. The van der Waals surface area contributed by atoms with E-state index >= 15 is 0 Å². The van der Waals surface area contributed by atoms with Crippen molar-refractivity contribution in [2.24, 2.45) is 0 Å². The van der Waals surface area contributed by atoms with E-state index in [0.29, 0.717) is 10.0 Å². The Kier molecular flexibility index (Phi) is 3.74. The Morgan fingerprint density at radius 3 is 2.59 bits per heavy atom. The number of rotatable bonds is 3. The Labute approximate surface area is 106 Å². The van der Waals surface area contributed by atoms with E-state index in [1.165, 1.54) is 24.3 Å². The lowest BCUT2D eigenvalue weighted by atomic mass is 10.2. The van der Waals surface area contributed by atoms with Gasteiger partial charge in [-0.1, -0.05) is 28.1 Å². The average molecular weight is 299 g/mol. The maximum Gasteiger partial charge on any atom is 0.166 e. The van der Waals surface area contributed by atoms with E-state index in [1.807, 2.05) is 0 Å². The minimum absolute atomic E-state index is 0.135. The van der Waals surface area contributed by atoms with Gasteiger partial charge in [-0.05, 0) is 35.9 Å². The van der Waals surface area contributed by atoms with E-state index < -0.39 is 5.82 Å². The van der Waals surface area contributed by atoms with E-state index in [-0.39, 0.29) is 18.2 Å². The molecule has 88 valence electrons. The molecule has 17 heavy (non-hydrogen) atoms. The second-order valence-electron chi connectivity index (χ2n) is 3.49. The summed E-state index contributed by atoms with van der Waals surface area (Å²) in [7, 11) is 0. The molecule has 0 radical (unpaired) electrons. The molecule has 2 rings (SSSR count). The third kappa shape index (κ3) is 3.27. The molecule has 0 spiro atoms. The van der Waals surface area contributed by atoms with Gasteiger partial charge in [0.15, 0.2) is 11.6 Å². The highest BCUT2D eigenvalue weighted by molar-refractivity contribution is 9.10. The molecule has 0 aromatic heterocycles. The molecular formula is C13H9BrF2O. The maximum absolute atomic E-state index is 13.4. The smallest absolute Gasteiger partial charge is 0.166 e. The van der Waals surface area contributed by atoms with E-state index in [9.17, 15) is 8.78 Å². The zero-order valence-electron chi connectivity index (χ0n) is 8.79. The minimum atomic E-state index is -0.448. The average Bonchev–Trinajstić information content (AvgIpc) is 2.28. The molecule has 0 N–H and O–H groups in total. The standard InChI is InChI=1S/C13H9BrF2O/c14-10-4-5-13(12(16)7-10)17-8-9-2-1-3-11(15)6-9/h1-7H,8H2. The summed E-state index contributed by atoms with van der Waals surface area (Å²) < 4.78 is 32.2. The Hall–Kier alpha value is -1.42. The summed E-state index contributed by atoms with van der Waals surface area (Å²) in [4.78, 5) is 0. The van der Waals surface area contributed by atoms with Crippen LogP contribution in [-0.4, -0.2) is 0 Å². The van der Waals surface area contributed by atoms with Gasteiger partial charge < -0.3 is 4.74 Å². The second-order valence-corrected chi connectivity index (χ2v) is 4.41. The molecule has 2 aromatic rings. The number of benzene rings is 2. The number of ether oxygens (including phenoxy) is 1.